The molecule has 2 rings (SSSR count). The highest BCUT2D eigenvalue weighted by molar-refractivity contribution is 5.39. The molecule has 0 radical (unpaired) electrons. The Morgan fingerprint density at radius 1 is 1.05 bits per heavy atom. The lowest BCUT2D eigenvalue weighted by molar-refractivity contribution is -0.0924. The molecule has 0 spiro atoms. The Hall–Kier alpha value is -1.09. The molecule has 1 N–H and O–H groups in total. The molecule has 0 atom stereocenters. The molecule has 2 nitrogen and oxygen atoms in total. The first-order valence-electron chi connectivity index (χ1n) is 7.13. The third-order valence-electron chi connectivity index (χ3n) is 4.16. The van der Waals surface area contributed by atoms with Crippen molar-refractivity contribution in [2.24, 2.45) is 10.8 Å². The lowest BCUT2D eigenvalue weighted by Crippen LogP contribution is -2.44. The lowest BCUT2D eigenvalue weighted by atomic mass is 9.58. The van der Waals surface area contributed by atoms with Crippen molar-refractivity contribution < 1.29 is 14.2 Å². The monoisotopic (exact) mass is 280 g/mol. The SMILES string of the molecule is COc1ccc(F)cc1C1(O)CC(C)(C)CC(C)(C)C1. The molecule has 1 fully saturated rings. The zero-order valence-electron chi connectivity index (χ0n) is 13.1. The Balaban J connectivity index is 2.51. The van der Waals surface area contributed by atoms with Crippen LogP contribution >= 0.6 is 0 Å². The van der Waals surface area contributed by atoms with E-state index in [1.807, 2.05) is 0 Å². The van der Waals surface area contributed by atoms with E-state index >= 15 is 0 Å². The van der Waals surface area contributed by atoms with Crippen molar-refractivity contribution in [2.75, 3.05) is 7.11 Å². The smallest absolute Gasteiger partial charge is 0.125 e. The van der Waals surface area contributed by atoms with Crippen molar-refractivity contribution in [3.05, 3.63) is 29.6 Å². The lowest BCUT2D eigenvalue weighted by Gasteiger charge is -2.50. The molecule has 1 saturated carbocycles. The molecule has 0 amide bonds. The van der Waals surface area contributed by atoms with Gasteiger partial charge in [-0.05, 0) is 48.3 Å². The van der Waals surface area contributed by atoms with Crippen molar-refractivity contribution >= 4 is 0 Å². The summed E-state index contributed by atoms with van der Waals surface area (Å²) >= 11 is 0. The Kier molecular flexibility index (Phi) is 3.62. The number of ether oxygens (including phenoxy) is 1. The molecule has 1 aromatic rings. The van der Waals surface area contributed by atoms with E-state index < -0.39 is 5.60 Å². The van der Waals surface area contributed by atoms with Crippen molar-refractivity contribution in [3.63, 3.8) is 0 Å². The minimum atomic E-state index is -1.04. The van der Waals surface area contributed by atoms with Crippen LogP contribution in [0, 0.1) is 16.6 Å². The molecule has 3 heteroatoms. The predicted molar refractivity (Wildman–Crippen MR) is 78.3 cm³/mol. The maximum atomic E-state index is 13.6. The van der Waals surface area contributed by atoms with Crippen LogP contribution in [-0.2, 0) is 5.60 Å². The zero-order valence-corrected chi connectivity index (χ0v) is 13.1. The number of halogens is 1. The van der Waals surface area contributed by atoms with Gasteiger partial charge >= 0.3 is 0 Å². The topological polar surface area (TPSA) is 29.5 Å². The Labute approximate surface area is 121 Å². The summed E-state index contributed by atoms with van der Waals surface area (Å²) in [5, 5.41) is 11.2. The summed E-state index contributed by atoms with van der Waals surface area (Å²) in [5.74, 6) is 0.220. The quantitative estimate of drug-likeness (QED) is 0.877. The van der Waals surface area contributed by atoms with Gasteiger partial charge in [0.15, 0.2) is 0 Å². The van der Waals surface area contributed by atoms with E-state index in [1.165, 1.54) is 12.1 Å². The molecule has 20 heavy (non-hydrogen) atoms. The summed E-state index contributed by atoms with van der Waals surface area (Å²) in [5.41, 5.74) is -0.457. The molecule has 1 aliphatic carbocycles. The average molecular weight is 280 g/mol. The first-order chi connectivity index (χ1) is 9.07. The van der Waals surface area contributed by atoms with Crippen LogP contribution in [-0.4, -0.2) is 12.2 Å². The van der Waals surface area contributed by atoms with E-state index in [0.29, 0.717) is 24.2 Å². The first-order valence-corrected chi connectivity index (χ1v) is 7.13. The molecule has 1 aromatic carbocycles. The van der Waals surface area contributed by atoms with Crippen LogP contribution < -0.4 is 4.74 Å². The Morgan fingerprint density at radius 3 is 2.10 bits per heavy atom. The summed E-state index contributed by atoms with van der Waals surface area (Å²) in [6.07, 6.45) is 2.27. The summed E-state index contributed by atoms with van der Waals surface area (Å²) in [6, 6.07) is 4.37. The number of methoxy groups -OCH3 is 1. The highest BCUT2D eigenvalue weighted by atomic mass is 19.1. The van der Waals surface area contributed by atoms with E-state index in [0.717, 1.165) is 6.42 Å². The van der Waals surface area contributed by atoms with Gasteiger partial charge in [-0.3, -0.25) is 0 Å². The summed E-state index contributed by atoms with van der Waals surface area (Å²) in [6.45, 7) is 8.63. The minimum absolute atomic E-state index is 0.00777. The van der Waals surface area contributed by atoms with E-state index in [2.05, 4.69) is 27.7 Å². The molecule has 0 bridgehead atoms. The number of hydrogen-bond donors (Lipinski definition) is 1. The molecule has 0 saturated heterocycles. The maximum Gasteiger partial charge on any atom is 0.125 e. The Bertz CT molecular complexity index is 490. The molecule has 0 aromatic heterocycles. The number of aliphatic hydroxyl groups is 1. The van der Waals surface area contributed by atoms with Crippen molar-refractivity contribution in [1.82, 2.24) is 0 Å². The van der Waals surface area contributed by atoms with E-state index in [-0.39, 0.29) is 16.6 Å². The first kappa shape index (κ1) is 15.3. The minimum Gasteiger partial charge on any atom is -0.496 e. The molecule has 112 valence electrons. The van der Waals surface area contributed by atoms with Gasteiger partial charge in [0.2, 0.25) is 0 Å². The van der Waals surface area contributed by atoms with Crippen LogP contribution in [0.3, 0.4) is 0 Å². The van der Waals surface area contributed by atoms with Gasteiger partial charge in [-0.15, -0.1) is 0 Å². The van der Waals surface area contributed by atoms with Gasteiger partial charge in [0.05, 0.1) is 12.7 Å². The third-order valence-corrected chi connectivity index (χ3v) is 4.16. The number of benzene rings is 1. The summed E-state index contributed by atoms with van der Waals surface area (Å²) in [4.78, 5) is 0. The molecule has 1 aliphatic rings. The molecule has 0 unspecified atom stereocenters. The highest BCUT2D eigenvalue weighted by Crippen LogP contribution is 2.55. The maximum absolute atomic E-state index is 13.6. The summed E-state index contributed by atoms with van der Waals surface area (Å²) in [7, 11) is 1.55. The second-order valence-corrected chi connectivity index (χ2v) is 7.73. The normalized spacial score (nSPS) is 23.4. The van der Waals surface area contributed by atoms with E-state index in [9.17, 15) is 9.50 Å². The average Bonchev–Trinajstić information content (AvgIpc) is 2.24. The van der Waals surface area contributed by atoms with Crippen LogP contribution in [0.25, 0.3) is 0 Å². The molecule has 0 heterocycles. The number of hydrogen-bond acceptors (Lipinski definition) is 2. The predicted octanol–water partition coefficient (Wildman–Crippen LogP) is 4.26. The fraction of sp³-hybridized carbons (Fsp3) is 0.647. The fourth-order valence-corrected chi connectivity index (χ4v) is 4.30. The van der Waals surface area contributed by atoms with Crippen LogP contribution in [0.4, 0.5) is 4.39 Å². The molecule has 0 aliphatic heterocycles. The van der Waals surface area contributed by atoms with Crippen LogP contribution in [0.1, 0.15) is 52.5 Å². The highest BCUT2D eigenvalue weighted by Gasteiger charge is 2.48. The summed E-state index contributed by atoms with van der Waals surface area (Å²) < 4.78 is 19.0. The standard InChI is InChI=1S/C17H25FO2/c1-15(2)9-16(3,4)11-17(19,10-15)13-8-12(18)6-7-14(13)20-5/h6-8,19H,9-11H2,1-5H3. The van der Waals surface area contributed by atoms with E-state index in [4.69, 9.17) is 4.74 Å². The second-order valence-electron chi connectivity index (χ2n) is 7.73. The van der Waals surface area contributed by atoms with Gasteiger partial charge in [-0.1, -0.05) is 27.7 Å². The van der Waals surface area contributed by atoms with Gasteiger partial charge in [0.1, 0.15) is 11.6 Å². The van der Waals surface area contributed by atoms with Gasteiger partial charge < -0.3 is 9.84 Å². The third kappa shape index (κ3) is 2.98. The number of rotatable bonds is 2. The Morgan fingerprint density at radius 2 is 1.60 bits per heavy atom. The van der Waals surface area contributed by atoms with Crippen LogP contribution in [0.2, 0.25) is 0 Å². The van der Waals surface area contributed by atoms with Gasteiger partial charge in [0, 0.05) is 5.56 Å². The fourth-order valence-electron chi connectivity index (χ4n) is 4.30. The zero-order chi connectivity index (χ0) is 15.2. The van der Waals surface area contributed by atoms with Crippen LogP contribution in [0.15, 0.2) is 18.2 Å². The van der Waals surface area contributed by atoms with Gasteiger partial charge in [-0.2, -0.15) is 0 Å². The largest absolute Gasteiger partial charge is 0.496 e. The van der Waals surface area contributed by atoms with E-state index in [1.54, 1.807) is 13.2 Å². The van der Waals surface area contributed by atoms with Crippen molar-refractivity contribution in [3.8, 4) is 5.75 Å². The molecular formula is C17H25FO2. The van der Waals surface area contributed by atoms with Crippen molar-refractivity contribution in [2.45, 2.75) is 52.6 Å². The van der Waals surface area contributed by atoms with Crippen LogP contribution in [0.5, 0.6) is 5.75 Å². The van der Waals surface area contributed by atoms with Gasteiger partial charge in [-0.25, -0.2) is 4.39 Å². The molecular weight excluding hydrogens is 255 g/mol. The van der Waals surface area contributed by atoms with Gasteiger partial charge in [0.25, 0.3) is 0 Å². The van der Waals surface area contributed by atoms with Crippen molar-refractivity contribution in [1.29, 1.82) is 0 Å². The second kappa shape index (κ2) is 4.73.